The number of imidazole rings is 1. The molecular weight excluding hydrogens is 466 g/mol. The van der Waals surface area contributed by atoms with Gasteiger partial charge in [-0.25, -0.2) is 32.2 Å². The van der Waals surface area contributed by atoms with Crippen molar-refractivity contribution in [3.05, 3.63) is 35.3 Å². The molecule has 1 aromatic carbocycles. The van der Waals surface area contributed by atoms with Gasteiger partial charge in [-0.2, -0.15) is 4.31 Å². The van der Waals surface area contributed by atoms with Crippen molar-refractivity contribution in [2.24, 2.45) is 0 Å². The molecule has 0 amide bonds. The fraction of sp³-hybridized carbons (Fsp3) is 0.500. The number of aliphatic hydroxyl groups excluding tert-OH is 1. The number of sulfonamides is 1. The number of aromatic nitrogens is 4. The van der Waals surface area contributed by atoms with Gasteiger partial charge in [0.2, 0.25) is 16.0 Å². The van der Waals surface area contributed by atoms with E-state index in [1.807, 2.05) is 11.5 Å². The molecule has 182 valence electrons. The van der Waals surface area contributed by atoms with Crippen LogP contribution in [0.1, 0.15) is 37.2 Å². The third-order valence-corrected chi connectivity index (χ3v) is 8.05. The highest BCUT2D eigenvalue weighted by Gasteiger charge is 2.33. The average molecular weight is 493 g/mol. The Labute approximate surface area is 195 Å². The zero-order valence-electron chi connectivity index (χ0n) is 19.1. The number of aliphatic hydroxyl groups is 1. The highest BCUT2D eigenvalue weighted by Crippen LogP contribution is 2.39. The highest BCUT2D eigenvalue weighted by atomic mass is 32.2. The molecular formula is C22H26F2N6O3S. The van der Waals surface area contributed by atoms with E-state index >= 15 is 4.39 Å². The second-order valence-electron chi connectivity index (χ2n) is 9.12. The lowest BCUT2D eigenvalue weighted by Gasteiger charge is -2.34. The minimum Gasteiger partial charge on any atom is -0.390 e. The number of nitrogens with one attached hydrogen (secondary N) is 1. The number of hydrogen-bond acceptors (Lipinski definition) is 7. The molecule has 1 fully saturated rings. The summed E-state index contributed by atoms with van der Waals surface area (Å²) >= 11 is 0. The third-order valence-electron chi connectivity index (χ3n) is 6.78. The van der Waals surface area contributed by atoms with Crippen molar-refractivity contribution in [3.8, 4) is 11.3 Å². The van der Waals surface area contributed by atoms with Gasteiger partial charge in [-0.3, -0.25) is 0 Å². The molecule has 2 N–H and O–H groups in total. The zero-order chi connectivity index (χ0) is 24.4. The molecule has 2 aliphatic rings. The third kappa shape index (κ3) is 3.83. The Morgan fingerprint density at radius 3 is 2.68 bits per heavy atom. The van der Waals surface area contributed by atoms with Crippen LogP contribution in [0.4, 0.5) is 14.7 Å². The fourth-order valence-electron chi connectivity index (χ4n) is 5.06. The van der Waals surface area contributed by atoms with Crippen LogP contribution >= 0.6 is 0 Å². The lowest BCUT2D eigenvalue weighted by molar-refractivity contribution is 0.0950. The van der Waals surface area contributed by atoms with Gasteiger partial charge < -0.3 is 15.0 Å². The normalized spacial score (nSPS) is 23.4. The number of rotatable bonds is 4. The van der Waals surface area contributed by atoms with Crippen LogP contribution in [0.3, 0.4) is 0 Å². The lowest BCUT2D eigenvalue weighted by Crippen LogP contribution is -2.51. The molecule has 3 aromatic rings. The number of aryl methyl sites for hydroxylation is 2. The van der Waals surface area contributed by atoms with E-state index < -0.39 is 33.8 Å². The van der Waals surface area contributed by atoms with Crippen molar-refractivity contribution in [2.45, 2.75) is 51.3 Å². The van der Waals surface area contributed by atoms with E-state index in [0.29, 0.717) is 29.7 Å². The van der Waals surface area contributed by atoms with Crippen LogP contribution in [0.25, 0.3) is 22.3 Å². The van der Waals surface area contributed by atoms with Crippen LogP contribution in [-0.4, -0.2) is 68.8 Å². The summed E-state index contributed by atoms with van der Waals surface area (Å²) in [6.45, 7) is 4.06. The molecule has 9 nitrogen and oxygen atoms in total. The van der Waals surface area contributed by atoms with Crippen molar-refractivity contribution in [1.29, 1.82) is 0 Å². The Bertz CT molecular complexity index is 1390. The molecule has 34 heavy (non-hydrogen) atoms. The molecule has 0 spiro atoms. The predicted octanol–water partition coefficient (Wildman–Crippen LogP) is 2.39. The standard InChI is InChI=1S/C22H26F2N6O3S/c1-11-4-5-13-14(8-15(23)20-21(13)30(11)12(2)26-20)19-16(24)9-25-22(28-19)27-17-6-7-29(10-18(17)31)34(3,32)33/h8-9,11,17-18,31H,4-7,10H2,1-3H3,(H,25,27,28). The number of β-amino-alcohol motifs (C(OH)–C–C–N with tert-alkyl or cyclic N) is 1. The van der Waals surface area contributed by atoms with E-state index in [-0.39, 0.29) is 36.3 Å². The molecule has 0 bridgehead atoms. The van der Waals surface area contributed by atoms with Gasteiger partial charge in [0.15, 0.2) is 11.6 Å². The number of nitrogens with zero attached hydrogens (tertiary/aromatic N) is 5. The second kappa shape index (κ2) is 8.21. The molecule has 2 aliphatic heterocycles. The van der Waals surface area contributed by atoms with E-state index in [4.69, 9.17) is 0 Å². The Morgan fingerprint density at radius 2 is 1.97 bits per heavy atom. The van der Waals surface area contributed by atoms with E-state index in [0.717, 1.165) is 24.4 Å². The average Bonchev–Trinajstić information content (AvgIpc) is 3.13. The van der Waals surface area contributed by atoms with Crippen molar-refractivity contribution in [3.63, 3.8) is 0 Å². The van der Waals surface area contributed by atoms with Crippen molar-refractivity contribution < 1.29 is 22.3 Å². The van der Waals surface area contributed by atoms with Gasteiger partial charge in [-0.1, -0.05) is 0 Å². The molecule has 1 saturated heterocycles. The molecule has 4 heterocycles. The summed E-state index contributed by atoms with van der Waals surface area (Å²) in [5.41, 5.74) is 2.06. The van der Waals surface area contributed by atoms with Gasteiger partial charge >= 0.3 is 0 Å². The fourth-order valence-corrected chi connectivity index (χ4v) is 5.92. The summed E-state index contributed by atoms with van der Waals surface area (Å²) in [5, 5.41) is 13.4. The number of halogens is 2. The first-order valence-electron chi connectivity index (χ1n) is 11.2. The van der Waals surface area contributed by atoms with Crippen LogP contribution in [0.15, 0.2) is 12.3 Å². The molecule has 0 saturated carbocycles. The topological polar surface area (TPSA) is 113 Å². The molecule has 5 rings (SSSR count). The van der Waals surface area contributed by atoms with Crippen LogP contribution in [0.2, 0.25) is 0 Å². The van der Waals surface area contributed by atoms with Gasteiger partial charge in [0.25, 0.3) is 0 Å². The maximum absolute atomic E-state index is 15.0. The smallest absolute Gasteiger partial charge is 0.223 e. The summed E-state index contributed by atoms with van der Waals surface area (Å²) in [4.78, 5) is 12.7. The number of anilines is 1. The van der Waals surface area contributed by atoms with Crippen LogP contribution in [-0.2, 0) is 16.4 Å². The summed E-state index contributed by atoms with van der Waals surface area (Å²) in [7, 11) is -3.41. The first-order chi connectivity index (χ1) is 16.0. The maximum atomic E-state index is 15.0. The molecule has 12 heteroatoms. The van der Waals surface area contributed by atoms with E-state index in [1.165, 1.54) is 10.4 Å². The first-order valence-corrected chi connectivity index (χ1v) is 13.0. The molecule has 0 radical (unpaired) electrons. The Morgan fingerprint density at radius 1 is 1.21 bits per heavy atom. The SMILES string of the molecule is Cc1nc2c(F)cc(-c3nc(NC4CCN(S(C)(=O)=O)CC4O)ncc3F)c3c2n1C(C)CC3. The Balaban J connectivity index is 1.51. The summed E-state index contributed by atoms with van der Waals surface area (Å²) in [5.74, 6) is -0.440. The number of hydrogen-bond donors (Lipinski definition) is 2. The highest BCUT2D eigenvalue weighted by molar-refractivity contribution is 7.88. The van der Waals surface area contributed by atoms with Gasteiger partial charge in [0.05, 0.1) is 30.1 Å². The Hall–Kier alpha value is -2.70. The number of piperidine rings is 1. The minimum absolute atomic E-state index is 0.0312. The lowest BCUT2D eigenvalue weighted by atomic mass is 9.93. The van der Waals surface area contributed by atoms with E-state index in [1.54, 1.807) is 0 Å². The summed E-state index contributed by atoms with van der Waals surface area (Å²) in [6, 6.07) is 0.914. The first kappa shape index (κ1) is 23.1. The molecule has 0 aliphatic carbocycles. The van der Waals surface area contributed by atoms with Crippen molar-refractivity contribution in [2.75, 3.05) is 24.7 Å². The summed E-state index contributed by atoms with van der Waals surface area (Å²) < 4.78 is 56.7. The van der Waals surface area contributed by atoms with Gasteiger partial charge in [0.1, 0.15) is 17.0 Å². The number of benzene rings is 1. The van der Waals surface area contributed by atoms with Gasteiger partial charge in [-0.15, -0.1) is 0 Å². The van der Waals surface area contributed by atoms with Crippen LogP contribution < -0.4 is 5.32 Å². The second-order valence-corrected chi connectivity index (χ2v) is 11.1. The van der Waals surface area contributed by atoms with E-state index in [2.05, 4.69) is 27.2 Å². The monoisotopic (exact) mass is 492 g/mol. The quantitative estimate of drug-likeness (QED) is 0.575. The van der Waals surface area contributed by atoms with Crippen molar-refractivity contribution >= 4 is 27.0 Å². The van der Waals surface area contributed by atoms with E-state index in [9.17, 15) is 17.9 Å². The Kier molecular flexibility index (Phi) is 5.57. The molecule has 3 unspecified atom stereocenters. The van der Waals surface area contributed by atoms with Gasteiger partial charge in [-0.05, 0) is 44.7 Å². The van der Waals surface area contributed by atoms with Gasteiger partial charge in [0, 0.05) is 24.7 Å². The summed E-state index contributed by atoms with van der Waals surface area (Å²) in [6.07, 6.45) is 2.89. The van der Waals surface area contributed by atoms with Crippen LogP contribution in [0, 0.1) is 18.6 Å². The minimum atomic E-state index is -3.41. The van der Waals surface area contributed by atoms with Crippen LogP contribution in [0.5, 0.6) is 0 Å². The van der Waals surface area contributed by atoms with Crippen molar-refractivity contribution in [1.82, 2.24) is 23.8 Å². The zero-order valence-corrected chi connectivity index (χ0v) is 19.9. The maximum Gasteiger partial charge on any atom is 0.223 e. The largest absolute Gasteiger partial charge is 0.390 e. The molecule has 2 aromatic heterocycles. The predicted molar refractivity (Wildman–Crippen MR) is 123 cm³/mol. The molecule has 3 atom stereocenters.